The van der Waals surface area contributed by atoms with Crippen LogP contribution in [-0.2, 0) is 4.79 Å². The van der Waals surface area contributed by atoms with Gasteiger partial charge >= 0.3 is 0 Å². The zero-order valence-electron chi connectivity index (χ0n) is 17.5. The van der Waals surface area contributed by atoms with Gasteiger partial charge in [0.1, 0.15) is 17.0 Å². The number of amides is 1. The average Bonchev–Trinajstić information content (AvgIpc) is 3.23. The fourth-order valence-electron chi connectivity index (χ4n) is 4.57. The molecule has 4 heterocycles. The standard InChI is InChI=1S/C23H24N6OS/c1-15-11-28(12-16(2)29(15)22-18-8-10-31-23(18)26-14-25-22)13-21(30)27-20-7-3-6-19-17(20)5-4-9-24-19/h3-10,14-16H,11-13H2,1-2H3,(H,27,30). The lowest BCUT2D eigenvalue weighted by molar-refractivity contribution is -0.117. The summed E-state index contributed by atoms with van der Waals surface area (Å²) >= 11 is 1.63. The van der Waals surface area contributed by atoms with E-state index in [1.54, 1.807) is 23.9 Å². The fraction of sp³-hybridized carbons (Fsp3) is 0.304. The summed E-state index contributed by atoms with van der Waals surface area (Å²) in [5.41, 5.74) is 1.68. The molecule has 1 aromatic carbocycles. The van der Waals surface area contributed by atoms with Crippen LogP contribution in [0.5, 0.6) is 0 Å². The molecule has 0 radical (unpaired) electrons. The van der Waals surface area contributed by atoms with Crippen molar-refractivity contribution >= 4 is 49.9 Å². The molecule has 3 aromatic heterocycles. The van der Waals surface area contributed by atoms with Gasteiger partial charge in [0.15, 0.2) is 0 Å². The second kappa shape index (κ2) is 8.20. The summed E-state index contributed by atoms with van der Waals surface area (Å²) in [6.45, 7) is 6.33. The van der Waals surface area contributed by atoms with Gasteiger partial charge in [0.2, 0.25) is 5.91 Å². The maximum absolute atomic E-state index is 12.8. The van der Waals surface area contributed by atoms with E-state index < -0.39 is 0 Å². The van der Waals surface area contributed by atoms with Crippen molar-refractivity contribution in [3.05, 3.63) is 54.3 Å². The molecule has 1 saturated heterocycles. The number of aromatic nitrogens is 3. The fourth-order valence-corrected chi connectivity index (χ4v) is 5.29. The normalized spacial score (nSPS) is 19.7. The quantitative estimate of drug-likeness (QED) is 0.529. The van der Waals surface area contributed by atoms with Crippen LogP contribution in [0, 0.1) is 0 Å². The molecule has 2 atom stereocenters. The number of rotatable bonds is 4. The number of anilines is 2. The van der Waals surface area contributed by atoms with Gasteiger partial charge in [-0.3, -0.25) is 14.7 Å². The first kappa shape index (κ1) is 19.8. The zero-order chi connectivity index (χ0) is 21.4. The van der Waals surface area contributed by atoms with Gasteiger partial charge in [0, 0.05) is 36.8 Å². The lowest BCUT2D eigenvalue weighted by Gasteiger charge is -2.45. The molecule has 158 valence electrons. The summed E-state index contributed by atoms with van der Waals surface area (Å²) in [5, 5.41) is 7.18. The minimum Gasteiger partial charge on any atom is -0.348 e. The van der Waals surface area contributed by atoms with Crippen molar-refractivity contribution in [2.75, 3.05) is 29.9 Å². The monoisotopic (exact) mass is 432 g/mol. The molecule has 1 amide bonds. The summed E-state index contributed by atoms with van der Waals surface area (Å²) in [6, 6.07) is 12.2. The Bertz CT molecular complexity index is 1220. The number of carbonyl (C=O) groups excluding carboxylic acids is 1. The maximum Gasteiger partial charge on any atom is 0.238 e. The van der Waals surface area contributed by atoms with Crippen molar-refractivity contribution in [1.82, 2.24) is 19.9 Å². The summed E-state index contributed by atoms with van der Waals surface area (Å²) in [7, 11) is 0. The highest BCUT2D eigenvalue weighted by molar-refractivity contribution is 7.16. The van der Waals surface area contributed by atoms with Crippen LogP contribution < -0.4 is 10.2 Å². The van der Waals surface area contributed by atoms with Crippen molar-refractivity contribution in [2.24, 2.45) is 0 Å². The third kappa shape index (κ3) is 3.84. The largest absolute Gasteiger partial charge is 0.348 e. The van der Waals surface area contributed by atoms with Gasteiger partial charge in [-0.15, -0.1) is 11.3 Å². The smallest absolute Gasteiger partial charge is 0.238 e. The topological polar surface area (TPSA) is 74.2 Å². The molecule has 1 fully saturated rings. The number of fused-ring (bicyclic) bond motifs is 2. The van der Waals surface area contributed by atoms with Crippen molar-refractivity contribution in [3.8, 4) is 0 Å². The highest BCUT2D eigenvalue weighted by Gasteiger charge is 2.32. The minimum atomic E-state index is -0.00790. The molecular formula is C23H24N6OS. The predicted molar refractivity (Wildman–Crippen MR) is 126 cm³/mol. The van der Waals surface area contributed by atoms with E-state index in [1.165, 1.54) is 0 Å². The number of hydrogen-bond donors (Lipinski definition) is 1. The number of benzene rings is 1. The molecule has 8 heteroatoms. The van der Waals surface area contributed by atoms with E-state index in [-0.39, 0.29) is 18.0 Å². The van der Waals surface area contributed by atoms with E-state index >= 15 is 0 Å². The molecule has 7 nitrogen and oxygen atoms in total. The Morgan fingerprint density at radius 3 is 2.74 bits per heavy atom. The molecule has 2 unspecified atom stereocenters. The van der Waals surface area contributed by atoms with Crippen LogP contribution >= 0.6 is 11.3 Å². The van der Waals surface area contributed by atoms with E-state index in [0.29, 0.717) is 6.54 Å². The van der Waals surface area contributed by atoms with Crippen LogP contribution in [0.15, 0.2) is 54.3 Å². The van der Waals surface area contributed by atoms with Crippen LogP contribution in [0.2, 0.25) is 0 Å². The van der Waals surface area contributed by atoms with Gasteiger partial charge in [0.05, 0.1) is 23.1 Å². The molecule has 0 bridgehead atoms. The number of nitrogens with zero attached hydrogens (tertiary/aromatic N) is 5. The highest BCUT2D eigenvalue weighted by Crippen LogP contribution is 2.31. The first-order valence-corrected chi connectivity index (χ1v) is 11.3. The van der Waals surface area contributed by atoms with Crippen molar-refractivity contribution < 1.29 is 4.79 Å². The first-order chi connectivity index (χ1) is 15.1. The number of nitrogens with one attached hydrogen (secondary N) is 1. The molecular weight excluding hydrogens is 408 g/mol. The van der Waals surface area contributed by atoms with Crippen LogP contribution in [0.3, 0.4) is 0 Å². The molecule has 0 aliphatic carbocycles. The van der Waals surface area contributed by atoms with Gasteiger partial charge in [0.25, 0.3) is 0 Å². The molecule has 1 aliphatic heterocycles. The lowest BCUT2D eigenvalue weighted by atomic mass is 10.1. The summed E-state index contributed by atoms with van der Waals surface area (Å²) in [5.74, 6) is 0.977. The highest BCUT2D eigenvalue weighted by atomic mass is 32.1. The number of piperazine rings is 1. The Morgan fingerprint density at radius 1 is 1.06 bits per heavy atom. The summed E-state index contributed by atoms with van der Waals surface area (Å²) < 4.78 is 0. The van der Waals surface area contributed by atoms with Gasteiger partial charge in [-0.25, -0.2) is 9.97 Å². The van der Waals surface area contributed by atoms with E-state index in [1.807, 2.05) is 30.3 Å². The molecule has 1 aliphatic rings. The summed E-state index contributed by atoms with van der Waals surface area (Å²) in [4.78, 5) is 31.7. The summed E-state index contributed by atoms with van der Waals surface area (Å²) in [6.07, 6.45) is 3.41. The van der Waals surface area contributed by atoms with Crippen LogP contribution in [-0.4, -0.2) is 57.5 Å². The maximum atomic E-state index is 12.8. The van der Waals surface area contributed by atoms with E-state index in [9.17, 15) is 4.79 Å². The Hall–Kier alpha value is -3.10. The predicted octanol–water partition coefficient (Wildman–Crippen LogP) is 3.78. The van der Waals surface area contributed by atoms with Gasteiger partial charge in [-0.05, 0) is 49.6 Å². The van der Waals surface area contributed by atoms with E-state index in [2.05, 4.69) is 55.4 Å². The molecule has 4 aromatic rings. The van der Waals surface area contributed by atoms with Gasteiger partial charge in [-0.1, -0.05) is 6.07 Å². The van der Waals surface area contributed by atoms with Crippen LogP contribution in [0.25, 0.3) is 21.1 Å². The van der Waals surface area contributed by atoms with Crippen LogP contribution in [0.4, 0.5) is 11.5 Å². The zero-order valence-corrected chi connectivity index (χ0v) is 18.3. The second-order valence-corrected chi connectivity index (χ2v) is 8.95. The Kier molecular flexibility index (Phi) is 5.25. The lowest BCUT2D eigenvalue weighted by Crippen LogP contribution is -2.58. The average molecular weight is 433 g/mol. The molecule has 1 N–H and O–H groups in total. The Balaban J connectivity index is 1.29. The van der Waals surface area contributed by atoms with Crippen molar-refractivity contribution in [1.29, 1.82) is 0 Å². The van der Waals surface area contributed by atoms with E-state index in [0.717, 1.165) is 45.7 Å². The number of hydrogen-bond acceptors (Lipinski definition) is 7. The Labute approximate surface area is 184 Å². The third-order valence-corrected chi connectivity index (χ3v) is 6.59. The SMILES string of the molecule is CC1CN(CC(=O)Nc2cccc3ncccc23)CC(C)N1c1ncnc2sccc12. The third-order valence-electron chi connectivity index (χ3n) is 5.77. The molecule has 0 spiro atoms. The molecule has 5 rings (SSSR count). The second-order valence-electron chi connectivity index (χ2n) is 8.06. The number of pyridine rings is 1. The van der Waals surface area contributed by atoms with Crippen molar-refractivity contribution in [3.63, 3.8) is 0 Å². The van der Waals surface area contributed by atoms with Crippen molar-refractivity contribution in [2.45, 2.75) is 25.9 Å². The Morgan fingerprint density at radius 2 is 1.90 bits per heavy atom. The van der Waals surface area contributed by atoms with Crippen LogP contribution in [0.1, 0.15) is 13.8 Å². The van der Waals surface area contributed by atoms with Gasteiger partial charge < -0.3 is 10.2 Å². The first-order valence-electron chi connectivity index (χ1n) is 10.4. The molecule has 0 saturated carbocycles. The number of carbonyl (C=O) groups is 1. The van der Waals surface area contributed by atoms with Gasteiger partial charge in [-0.2, -0.15) is 0 Å². The number of thiophene rings is 1. The van der Waals surface area contributed by atoms with E-state index in [4.69, 9.17) is 0 Å². The molecule has 31 heavy (non-hydrogen) atoms. The minimum absolute atomic E-state index is 0.00790.